The average molecular weight is 413 g/mol. The summed E-state index contributed by atoms with van der Waals surface area (Å²) >= 11 is 0. The van der Waals surface area contributed by atoms with E-state index in [9.17, 15) is 23.6 Å². The van der Waals surface area contributed by atoms with Crippen molar-refractivity contribution in [1.29, 1.82) is 0 Å². The molecule has 3 rings (SSSR count). The largest absolute Gasteiger partial charge is 0.454 e. The Morgan fingerprint density at radius 2 is 1.73 bits per heavy atom. The molecule has 0 aliphatic carbocycles. The number of hydrogen-bond acceptors (Lipinski definition) is 5. The molecule has 1 fully saturated rings. The van der Waals surface area contributed by atoms with E-state index in [0.717, 1.165) is 12.1 Å². The third-order valence-corrected chi connectivity index (χ3v) is 4.40. The van der Waals surface area contributed by atoms with Gasteiger partial charge in [0.15, 0.2) is 6.61 Å². The van der Waals surface area contributed by atoms with Crippen LogP contribution in [-0.4, -0.2) is 43.4 Å². The summed E-state index contributed by atoms with van der Waals surface area (Å²) in [4.78, 5) is 49.0. The second-order valence-electron chi connectivity index (χ2n) is 6.59. The van der Waals surface area contributed by atoms with E-state index in [4.69, 9.17) is 4.74 Å². The molecule has 0 radical (unpaired) electrons. The highest BCUT2D eigenvalue weighted by Gasteiger charge is 2.21. The summed E-state index contributed by atoms with van der Waals surface area (Å²) in [7, 11) is 0. The third kappa shape index (κ3) is 5.63. The fourth-order valence-electron chi connectivity index (χ4n) is 2.90. The monoisotopic (exact) mass is 413 g/mol. The molecule has 9 heteroatoms. The number of nitrogens with one attached hydrogen (secondary N) is 2. The van der Waals surface area contributed by atoms with Crippen LogP contribution in [0.15, 0.2) is 48.5 Å². The lowest BCUT2D eigenvalue weighted by Crippen LogP contribution is -2.32. The van der Waals surface area contributed by atoms with Crippen molar-refractivity contribution in [3.63, 3.8) is 0 Å². The highest BCUT2D eigenvalue weighted by Crippen LogP contribution is 2.21. The maximum atomic E-state index is 12.8. The Hall–Kier alpha value is -3.75. The van der Waals surface area contributed by atoms with Crippen molar-refractivity contribution >= 4 is 35.1 Å². The van der Waals surface area contributed by atoms with Crippen LogP contribution < -0.4 is 15.5 Å². The number of carbonyl (C=O) groups is 4. The van der Waals surface area contributed by atoms with Crippen molar-refractivity contribution in [1.82, 2.24) is 5.32 Å². The Kier molecular flexibility index (Phi) is 6.74. The van der Waals surface area contributed by atoms with Crippen molar-refractivity contribution in [2.24, 2.45) is 0 Å². The Morgan fingerprint density at radius 3 is 2.37 bits per heavy atom. The summed E-state index contributed by atoms with van der Waals surface area (Å²) in [5.74, 6) is -2.24. The third-order valence-electron chi connectivity index (χ3n) is 4.40. The molecule has 2 N–H and O–H groups in total. The molecule has 0 spiro atoms. The standard InChI is InChI=1S/C21H20FN3O5/c22-15-5-7-16(8-6-15)24-18(26)13-30-20(28)12-23-21(29)14-3-9-17(10-4-14)25-11-1-2-19(25)27/h3-10H,1-2,11-13H2,(H,23,29)(H,24,26). The quantitative estimate of drug-likeness (QED) is 0.675. The van der Waals surface area contributed by atoms with Crippen LogP contribution >= 0.6 is 0 Å². The van der Waals surface area contributed by atoms with Crippen LogP contribution in [0.1, 0.15) is 23.2 Å². The van der Waals surface area contributed by atoms with Crippen LogP contribution in [0.5, 0.6) is 0 Å². The van der Waals surface area contributed by atoms with Gasteiger partial charge >= 0.3 is 5.97 Å². The number of hydrogen-bond donors (Lipinski definition) is 2. The van der Waals surface area contributed by atoms with E-state index >= 15 is 0 Å². The minimum Gasteiger partial charge on any atom is -0.454 e. The van der Waals surface area contributed by atoms with Crippen molar-refractivity contribution in [2.45, 2.75) is 12.8 Å². The lowest BCUT2D eigenvalue weighted by atomic mass is 10.2. The molecule has 0 atom stereocenters. The fourth-order valence-corrected chi connectivity index (χ4v) is 2.90. The molecule has 2 aromatic carbocycles. The Balaban J connectivity index is 1.40. The molecule has 156 valence electrons. The lowest BCUT2D eigenvalue weighted by molar-refractivity contribution is -0.146. The van der Waals surface area contributed by atoms with Gasteiger partial charge in [0.25, 0.3) is 11.8 Å². The first-order chi connectivity index (χ1) is 14.4. The van der Waals surface area contributed by atoms with Gasteiger partial charge in [-0.2, -0.15) is 0 Å². The predicted molar refractivity (Wildman–Crippen MR) is 106 cm³/mol. The molecule has 0 bridgehead atoms. The summed E-state index contributed by atoms with van der Waals surface area (Å²) in [5.41, 5.74) is 1.41. The molecule has 30 heavy (non-hydrogen) atoms. The summed E-state index contributed by atoms with van der Waals surface area (Å²) in [6.07, 6.45) is 1.33. The van der Waals surface area contributed by atoms with Gasteiger partial charge in [-0.15, -0.1) is 0 Å². The molecule has 2 aromatic rings. The topological polar surface area (TPSA) is 105 Å². The van der Waals surface area contributed by atoms with Crippen LogP contribution in [0.2, 0.25) is 0 Å². The molecule has 1 saturated heterocycles. The van der Waals surface area contributed by atoms with Crippen LogP contribution in [0.4, 0.5) is 15.8 Å². The molecule has 0 saturated carbocycles. The minimum atomic E-state index is -0.781. The number of halogens is 1. The first kappa shape index (κ1) is 21.0. The summed E-state index contributed by atoms with van der Waals surface area (Å²) in [5, 5.41) is 4.86. The average Bonchev–Trinajstić information content (AvgIpc) is 3.18. The first-order valence-electron chi connectivity index (χ1n) is 9.32. The second-order valence-corrected chi connectivity index (χ2v) is 6.59. The molecule has 0 unspecified atom stereocenters. The van der Waals surface area contributed by atoms with E-state index < -0.39 is 36.8 Å². The van der Waals surface area contributed by atoms with Gasteiger partial charge in [0, 0.05) is 29.9 Å². The molecular weight excluding hydrogens is 393 g/mol. The van der Waals surface area contributed by atoms with Gasteiger partial charge in [-0.1, -0.05) is 0 Å². The smallest absolute Gasteiger partial charge is 0.325 e. The highest BCUT2D eigenvalue weighted by molar-refractivity contribution is 5.98. The van der Waals surface area contributed by atoms with Gasteiger partial charge < -0.3 is 20.3 Å². The van der Waals surface area contributed by atoms with Crippen LogP contribution in [0.3, 0.4) is 0 Å². The van der Waals surface area contributed by atoms with Crippen molar-refractivity contribution in [2.75, 3.05) is 29.9 Å². The Bertz CT molecular complexity index is 944. The van der Waals surface area contributed by atoms with Crippen molar-refractivity contribution < 1.29 is 28.3 Å². The number of amides is 3. The second kappa shape index (κ2) is 9.64. The molecule has 1 aliphatic heterocycles. The number of nitrogens with zero attached hydrogens (tertiary/aromatic N) is 1. The SMILES string of the molecule is O=C(COC(=O)CNC(=O)c1ccc(N2CCCC2=O)cc1)Nc1ccc(F)cc1. The molecule has 8 nitrogen and oxygen atoms in total. The summed E-state index contributed by atoms with van der Waals surface area (Å²) < 4.78 is 17.6. The van der Waals surface area contributed by atoms with Crippen LogP contribution in [0.25, 0.3) is 0 Å². The van der Waals surface area contributed by atoms with Gasteiger partial charge in [-0.25, -0.2) is 4.39 Å². The number of rotatable bonds is 7. The lowest BCUT2D eigenvalue weighted by Gasteiger charge is -2.15. The number of esters is 1. The van der Waals surface area contributed by atoms with E-state index in [-0.39, 0.29) is 5.91 Å². The fraction of sp³-hybridized carbons (Fsp3) is 0.238. The number of ether oxygens (including phenoxy) is 1. The maximum absolute atomic E-state index is 12.8. The van der Waals surface area contributed by atoms with Gasteiger partial charge in [-0.3, -0.25) is 19.2 Å². The van der Waals surface area contributed by atoms with Crippen LogP contribution in [-0.2, 0) is 19.1 Å². The van der Waals surface area contributed by atoms with E-state index in [2.05, 4.69) is 10.6 Å². The van der Waals surface area contributed by atoms with Crippen LogP contribution in [0, 0.1) is 5.82 Å². The summed E-state index contributed by atoms with van der Waals surface area (Å²) in [6.45, 7) is -0.287. The minimum absolute atomic E-state index is 0.0541. The van der Waals surface area contributed by atoms with Crippen molar-refractivity contribution in [3.05, 3.63) is 59.9 Å². The normalized spacial score (nSPS) is 13.1. The zero-order valence-corrected chi connectivity index (χ0v) is 16.0. The highest BCUT2D eigenvalue weighted by atomic mass is 19.1. The van der Waals surface area contributed by atoms with E-state index in [0.29, 0.717) is 24.2 Å². The van der Waals surface area contributed by atoms with E-state index in [1.807, 2.05) is 0 Å². The molecule has 1 heterocycles. The molecule has 0 aromatic heterocycles. The van der Waals surface area contributed by atoms with E-state index in [1.54, 1.807) is 29.2 Å². The zero-order valence-electron chi connectivity index (χ0n) is 16.0. The number of benzene rings is 2. The van der Waals surface area contributed by atoms with Gasteiger partial charge in [0.2, 0.25) is 5.91 Å². The summed E-state index contributed by atoms with van der Waals surface area (Å²) in [6, 6.07) is 11.6. The number of carbonyl (C=O) groups excluding carboxylic acids is 4. The number of anilines is 2. The van der Waals surface area contributed by atoms with Crippen molar-refractivity contribution in [3.8, 4) is 0 Å². The zero-order chi connectivity index (χ0) is 21.5. The van der Waals surface area contributed by atoms with Gasteiger partial charge in [0.05, 0.1) is 0 Å². The predicted octanol–water partition coefficient (Wildman–Crippen LogP) is 1.86. The molecular formula is C21H20FN3O5. The Morgan fingerprint density at radius 1 is 1.03 bits per heavy atom. The maximum Gasteiger partial charge on any atom is 0.325 e. The van der Waals surface area contributed by atoms with Gasteiger partial charge in [-0.05, 0) is 55.0 Å². The molecule has 1 aliphatic rings. The first-order valence-corrected chi connectivity index (χ1v) is 9.32. The molecule has 3 amide bonds. The Labute approximate surface area is 172 Å². The van der Waals surface area contributed by atoms with Gasteiger partial charge in [0.1, 0.15) is 12.4 Å². The van der Waals surface area contributed by atoms with E-state index in [1.165, 1.54) is 24.3 Å².